The summed E-state index contributed by atoms with van der Waals surface area (Å²) in [5, 5.41) is 9.29. The third kappa shape index (κ3) is 4.14. The van der Waals surface area contributed by atoms with E-state index in [4.69, 9.17) is 9.47 Å². The van der Waals surface area contributed by atoms with Gasteiger partial charge in [-0.3, -0.25) is 9.59 Å². The van der Waals surface area contributed by atoms with Crippen LogP contribution in [-0.4, -0.2) is 38.3 Å². The zero-order chi connectivity index (χ0) is 22.7. The molecule has 0 aliphatic heterocycles. The molecule has 3 aromatic carbocycles. The van der Waals surface area contributed by atoms with Crippen LogP contribution in [0.4, 0.5) is 0 Å². The summed E-state index contributed by atoms with van der Waals surface area (Å²) < 4.78 is 10.4. The molecule has 0 aromatic heterocycles. The van der Waals surface area contributed by atoms with Crippen LogP contribution in [0.3, 0.4) is 0 Å². The first-order valence-electron chi connectivity index (χ1n) is 10.4. The third-order valence-corrected chi connectivity index (χ3v) is 5.67. The Hall–Kier alpha value is -3.87. The molecule has 0 heterocycles. The monoisotopic (exact) mass is 431 g/mol. The van der Waals surface area contributed by atoms with Gasteiger partial charge in [-0.25, -0.2) is 5.43 Å². The Bertz CT molecular complexity index is 1220. The molecule has 3 aromatic rings. The van der Waals surface area contributed by atoms with Crippen LogP contribution in [-0.2, 0) is 17.6 Å². The number of aryl methyl sites for hydroxylation is 2. The summed E-state index contributed by atoms with van der Waals surface area (Å²) in [6, 6.07) is 15.3. The van der Waals surface area contributed by atoms with Crippen LogP contribution in [0.15, 0.2) is 53.6 Å². The zero-order valence-corrected chi connectivity index (χ0v) is 18.3. The van der Waals surface area contributed by atoms with E-state index in [9.17, 15) is 9.59 Å². The van der Waals surface area contributed by atoms with E-state index in [1.807, 2.05) is 6.92 Å². The number of carbonyl (C=O) groups excluding carboxylic acids is 2. The Kier molecular flexibility index (Phi) is 6.07. The lowest BCUT2D eigenvalue weighted by Gasteiger charge is -2.10. The van der Waals surface area contributed by atoms with Crippen molar-refractivity contribution in [2.75, 3.05) is 20.8 Å². The molecule has 4 rings (SSSR count). The molecule has 0 bridgehead atoms. The van der Waals surface area contributed by atoms with Gasteiger partial charge < -0.3 is 14.8 Å². The fourth-order valence-electron chi connectivity index (χ4n) is 4.05. The Morgan fingerprint density at radius 3 is 2.47 bits per heavy atom. The van der Waals surface area contributed by atoms with Gasteiger partial charge in [-0.2, -0.15) is 5.10 Å². The van der Waals surface area contributed by atoms with Gasteiger partial charge in [0.05, 0.1) is 26.5 Å². The number of benzene rings is 3. The SMILES string of the molecule is COc1ccc(C(=O)NCC(=O)NN=C(C)c2ccc3c4c(cccc24)CC3)cc1OC. The average molecular weight is 431 g/mol. The normalized spacial score (nSPS) is 12.5. The number of carbonyl (C=O) groups is 2. The summed E-state index contributed by atoms with van der Waals surface area (Å²) >= 11 is 0. The molecule has 1 aliphatic rings. The molecule has 2 N–H and O–H groups in total. The lowest BCUT2D eigenvalue weighted by atomic mass is 9.98. The van der Waals surface area contributed by atoms with Crippen LogP contribution in [0.2, 0.25) is 0 Å². The van der Waals surface area contributed by atoms with E-state index in [-0.39, 0.29) is 6.54 Å². The molecule has 0 unspecified atom stereocenters. The summed E-state index contributed by atoms with van der Waals surface area (Å²) in [6.07, 6.45) is 2.12. The van der Waals surface area contributed by atoms with Crippen LogP contribution in [0.1, 0.15) is 34.0 Å². The van der Waals surface area contributed by atoms with Gasteiger partial charge in [0.2, 0.25) is 0 Å². The molecule has 32 heavy (non-hydrogen) atoms. The summed E-state index contributed by atoms with van der Waals surface area (Å²) in [5.74, 6) is 0.156. The van der Waals surface area contributed by atoms with Gasteiger partial charge in [0.25, 0.3) is 11.8 Å². The number of amides is 2. The van der Waals surface area contributed by atoms with Crippen molar-refractivity contribution in [3.05, 3.63) is 70.8 Å². The Balaban J connectivity index is 1.40. The highest BCUT2D eigenvalue weighted by Gasteiger charge is 2.17. The minimum Gasteiger partial charge on any atom is -0.493 e. The summed E-state index contributed by atoms with van der Waals surface area (Å²) in [5.41, 5.74) is 7.30. The number of hydrazone groups is 1. The van der Waals surface area contributed by atoms with Crippen molar-refractivity contribution < 1.29 is 19.1 Å². The van der Waals surface area contributed by atoms with E-state index in [0.717, 1.165) is 23.8 Å². The zero-order valence-electron chi connectivity index (χ0n) is 18.3. The molecule has 0 radical (unpaired) electrons. The van der Waals surface area contributed by atoms with E-state index >= 15 is 0 Å². The van der Waals surface area contributed by atoms with E-state index in [1.165, 1.54) is 30.7 Å². The van der Waals surface area contributed by atoms with Crippen LogP contribution in [0.5, 0.6) is 11.5 Å². The van der Waals surface area contributed by atoms with Gasteiger partial charge in [0.15, 0.2) is 11.5 Å². The largest absolute Gasteiger partial charge is 0.493 e. The van der Waals surface area contributed by atoms with E-state index < -0.39 is 11.8 Å². The fourth-order valence-corrected chi connectivity index (χ4v) is 4.05. The number of methoxy groups -OCH3 is 2. The predicted octanol–water partition coefficient (Wildman–Crippen LogP) is 3.23. The number of nitrogens with one attached hydrogen (secondary N) is 2. The fraction of sp³-hybridized carbons (Fsp3) is 0.240. The second kappa shape index (κ2) is 9.09. The molecule has 0 saturated carbocycles. The minimum absolute atomic E-state index is 0.201. The molecular formula is C25H25N3O4. The van der Waals surface area contributed by atoms with Crippen molar-refractivity contribution in [1.82, 2.24) is 10.7 Å². The van der Waals surface area contributed by atoms with Crippen molar-refractivity contribution in [3.63, 3.8) is 0 Å². The maximum atomic E-state index is 12.4. The smallest absolute Gasteiger partial charge is 0.259 e. The molecule has 0 fully saturated rings. The topological polar surface area (TPSA) is 89.0 Å². The predicted molar refractivity (Wildman–Crippen MR) is 124 cm³/mol. The molecule has 0 atom stereocenters. The molecule has 2 amide bonds. The van der Waals surface area contributed by atoms with Gasteiger partial charge in [0, 0.05) is 11.1 Å². The van der Waals surface area contributed by atoms with Gasteiger partial charge >= 0.3 is 0 Å². The summed E-state index contributed by atoms with van der Waals surface area (Å²) in [6.45, 7) is 1.66. The van der Waals surface area contributed by atoms with Gasteiger partial charge in [-0.15, -0.1) is 0 Å². The first-order chi connectivity index (χ1) is 15.5. The van der Waals surface area contributed by atoms with E-state index in [1.54, 1.807) is 18.2 Å². The first-order valence-corrected chi connectivity index (χ1v) is 10.4. The second-order valence-electron chi connectivity index (χ2n) is 7.60. The minimum atomic E-state index is -0.413. The first kappa shape index (κ1) is 21.4. The highest BCUT2D eigenvalue weighted by Crippen LogP contribution is 2.33. The molecule has 0 spiro atoms. The van der Waals surface area contributed by atoms with Crippen molar-refractivity contribution >= 4 is 28.3 Å². The maximum absolute atomic E-state index is 12.4. The lowest BCUT2D eigenvalue weighted by molar-refractivity contribution is -0.120. The van der Waals surface area contributed by atoms with Crippen LogP contribution >= 0.6 is 0 Å². The molecule has 7 heteroatoms. The van der Waals surface area contributed by atoms with Crippen molar-refractivity contribution in [1.29, 1.82) is 0 Å². The van der Waals surface area contributed by atoms with Crippen molar-refractivity contribution in [2.24, 2.45) is 5.10 Å². The van der Waals surface area contributed by atoms with Crippen molar-refractivity contribution in [2.45, 2.75) is 19.8 Å². The Morgan fingerprint density at radius 2 is 1.72 bits per heavy atom. The van der Waals surface area contributed by atoms with Gasteiger partial charge in [-0.1, -0.05) is 30.3 Å². The molecular weight excluding hydrogens is 406 g/mol. The maximum Gasteiger partial charge on any atom is 0.259 e. The second-order valence-corrected chi connectivity index (χ2v) is 7.60. The Morgan fingerprint density at radius 1 is 0.969 bits per heavy atom. The average Bonchev–Trinajstić information content (AvgIpc) is 3.25. The summed E-state index contributed by atoms with van der Waals surface area (Å²) in [7, 11) is 3.02. The summed E-state index contributed by atoms with van der Waals surface area (Å²) in [4.78, 5) is 24.6. The highest BCUT2D eigenvalue weighted by molar-refractivity contribution is 6.11. The van der Waals surface area contributed by atoms with Gasteiger partial charge in [-0.05, 0) is 59.9 Å². The molecule has 1 aliphatic carbocycles. The quantitative estimate of drug-likeness (QED) is 0.444. The molecule has 7 nitrogen and oxygen atoms in total. The lowest BCUT2D eigenvalue weighted by Crippen LogP contribution is -2.35. The number of rotatable bonds is 7. The number of hydrogen-bond acceptors (Lipinski definition) is 5. The number of ether oxygens (including phenoxy) is 2. The molecule has 164 valence electrons. The number of nitrogens with zero attached hydrogens (tertiary/aromatic N) is 1. The third-order valence-electron chi connectivity index (χ3n) is 5.67. The standard InChI is InChI=1S/C25H25N3O4/c1-15(19-11-9-17-8-7-16-5-4-6-20(19)24(16)17)27-28-23(29)14-26-25(30)18-10-12-21(31-2)22(13-18)32-3/h4-6,9-13H,7-8,14H2,1-3H3,(H,26,30)(H,28,29). The van der Waals surface area contributed by atoms with Crippen LogP contribution in [0, 0.1) is 0 Å². The van der Waals surface area contributed by atoms with Crippen LogP contribution < -0.4 is 20.2 Å². The Labute approximate surface area is 186 Å². The van der Waals surface area contributed by atoms with Crippen molar-refractivity contribution in [3.8, 4) is 11.5 Å². The van der Waals surface area contributed by atoms with Crippen LogP contribution in [0.25, 0.3) is 10.8 Å². The number of hydrogen-bond donors (Lipinski definition) is 2. The highest BCUT2D eigenvalue weighted by atomic mass is 16.5. The van der Waals surface area contributed by atoms with Gasteiger partial charge in [0.1, 0.15) is 0 Å². The molecule has 0 saturated heterocycles. The van der Waals surface area contributed by atoms with E-state index in [0.29, 0.717) is 22.8 Å². The van der Waals surface area contributed by atoms with E-state index in [2.05, 4.69) is 46.2 Å².